The molecule has 0 aromatic carbocycles. The molecule has 0 aliphatic carbocycles. The lowest BCUT2D eigenvalue weighted by Gasteiger charge is -1.94. The van der Waals surface area contributed by atoms with Crippen molar-refractivity contribution in [2.24, 2.45) is 0 Å². The van der Waals surface area contributed by atoms with E-state index in [0.717, 1.165) is 0 Å². The van der Waals surface area contributed by atoms with Crippen molar-refractivity contribution in [1.82, 2.24) is 4.73 Å². The van der Waals surface area contributed by atoms with Gasteiger partial charge in [-0.3, -0.25) is 4.55 Å². The quantitative estimate of drug-likeness (QED) is 0.350. The highest BCUT2D eigenvalue weighted by atomic mass is 32.2. The minimum atomic E-state index is -4.63. The van der Waals surface area contributed by atoms with Crippen LogP contribution in [0.3, 0.4) is 0 Å². The maximum Gasteiger partial charge on any atom is 0.300 e. The number of hydrogen-bond donors (Lipinski definition) is 4. The summed E-state index contributed by atoms with van der Waals surface area (Å²) < 4.78 is 29.0. The SMILES string of the molecule is O=S(=O)(O)c1cc(O)n(O)c1O. The maximum atomic E-state index is 10.4. The smallest absolute Gasteiger partial charge is 0.300 e. The van der Waals surface area contributed by atoms with Crippen LogP contribution >= 0.6 is 0 Å². The zero-order valence-corrected chi connectivity index (χ0v) is 6.35. The molecule has 68 valence electrons. The Morgan fingerprint density at radius 1 is 1.33 bits per heavy atom. The zero-order valence-electron chi connectivity index (χ0n) is 5.54. The third kappa shape index (κ3) is 1.17. The second-order valence-electron chi connectivity index (χ2n) is 1.98. The summed E-state index contributed by atoms with van der Waals surface area (Å²) in [6.07, 6.45) is 0. The standard InChI is InChI=1S/C4H5NO6S/c6-3-1-2(12(9,10)11)4(7)5(3)8/h1,6-8H,(H,9,10,11). The topological polar surface area (TPSA) is 120 Å². The third-order valence-corrected chi connectivity index (χ3v) is 2.03. The van der Waals surface area contributed by atoms with Crippen LogP contribution in [0.2, 0.25) is 0 Å². The molecule has 0 aliphatic heterocycles. The first kappa shape index (κ1) is 8.68. The van der Waals surface area contributed by atoms with Gasteiger partial charge < -0.3 is 15.4 Å². The molecule has 7 nitrogen and oxygen atoms in total. The van der Waals surface area contributed by atoms with E-state index in [-0.39, 0.29) is 4.73 Å². The molecule has 12 heavy (non-hydrogen) atoms. The summed E-state index contributed by atoms with van der Waals surface area (Å²) in [6.45, 7) is 0. The molecular formula is C4H5NO6S. The summed E-state index contributed by atoms with van der Waals surface area (Å²) in [6, 6.07) is 0.505. The first-order valence-corrected chi connectivity index (χ1v) is 4.08. The normalized spacial score (nSPS) is 11.8. The lowest BCUT2D eigenvalue weighted by atomic mass is 10.6. The van der Waals surface area contributed by atoms with Gasteiger partial charge in [-0.2, -0.15) is 8.42 Å². The fraction of sp³-hybridized carbons (Fsp3) is 0. The summed E-state index contributed by atoms with van der Waals surface area (Å²) in [5, 5.41) is 26.1. The fourth-order valence-corrected chi connectivity index (χ4v) is 1.22. The minimum absolute atomic E-state index is 0.177. The van der Waals surface area contributed by atoms with Crippen molar-refractivity contribution in [3.63, 3.8) is 0 Å². The highest BCUT2D eigenvalue weighted by Gasteiger charge is 2.22. The van der Waals surface area contributed by atoms with Crippen LogP contribution < -0.4 is 0 Å². The molecule has 4 N–H and O–H groups in total. The van der Waals surface area contributed by atoms with Crippen molar-refractivity contribution in [1.29, 1.82) is 0 Å². The molecule has 1 aromatic rings. The largest absolute Gasteiger partial charge is 0.492 e. The molecule has 0 bridgehead atoms. The van der Waals surface area contributed by atoms with Gasteiger partial charge in [0.1, 0.15) is 0 Å². The van der Waals surface area contributed by atoms with Crippen LogP contribution in [0, 0.1) is 0 Å². The molecule has 0 unspecified atom stereocenters. The van der Waals surface area contributed by atoms with Gasteiger partial charge in [-0.1, -0.05) is 0 Å². The van der Waals surface area contributed by atoms with E-state index in [2.05, 4.69) is 0 Å². The second kappa shape index (κ2) is 2.29. The Labute approximate surface area is 66.8 Å². The van der Waals surface area contributed by atoms with Gasteiger partial charge in [0.25, 0.3) is 16.0 Å². The van der Waals surface area contributed by atoms with Gasteiger partial charge in [-0.25, -0.2) is 0 Å². The summed E-state index contributed by atoms with van der Waals surface area (Å²) in [4.78, 5) is -0.956. The van der Waals surface area contributed by atoms with Gasteiger partial charge in [-0.15, -0.1) is 4.73 Å². The van der Waals surface area contributed by atoms with E-state index in [1.54, 1.807) is 0 Å². The first-order chi connectivity index (χ1) is 5.34. The van der Waals surface area contributed by atoms with E-state index in [0.29, 0.717) is 6.07 Å². The van der Waals surface area contributed by atoms with Gasteiger partial charge >= 0.3 is 0 Å². The Morgan fingerprint density at radius 3 is 2.00 bits per heavy atom. The molecule has 1 rings (SSSR count). The average molecular weight is 195 g/mol. The van der Waals surface area contributed by atoms with E-state index >= 15 is 0 Å². The van der Waals surface area contributed by atoms with E-state index in [1.807, 2.05) is 0 Å². The molecule has 0 amide bonds. The fourth-order valence-electron chi connectivity index (χ4n) is 0.646. The molecular weight excluding hydrogens is 190 g/mol. The third-order valence-electron chi connectivity index (χ3n) is 1.18. The van der Waals surface area contributed by atoms with E-state index < -0.39 is 26.8 Å². The molecule has 0 fully saturated rings. The predicted octanol–water partition coefficient (Wildman–Crippen LogP) is -0.617. The Kier molecular flexibility index (Phi) is 1.66. The maximum absolute atomic E-state index is 10.4. The van der Waals surface area contributed by atoms with Crippen LogP contribution in [0.15, 0.2) is 11.0 Å². The van der Waals surface area contributed by atoms with Crippen LogP contribution in [-0.2, 0) is 10.1 Å². The van der Waals surface area contributed by atoms with Crippen molar-refractivity contribution < 1.29 is 28.4 Å². The highest BCUT2D eigenvalue weighted by molar-refractivity contribution is 7.86. The molecule has 0 atom stereocenters. The molecule has 0 spiro atoms. The number of aromatic hydroxyl groups is 2. The van der Waals surface area contributed by atoms with Crippen LogP contribution in [0.25, 0.3) is 0 Å². The van der Waals surface area contributed by atoms with Crippen molar-refractivity contribution in [2.75, 3.05) is 0 Å². The van der Waals surface area contributed by atoms with Crippen molar-refractivity contribution in [3.05, 3.63) is 6.07 Å². The summed E-state index contributed by atoms with van der Waals surface area (Å²) in [5.74, 6) is -2.03. The predicted molar refractivity (Wildman–Crippen MR) is 34.8 cm³/mol. The molecule has 0 saturated heterocycles. The molecule has 8 heteroatoms. The van der Waals surface area contributed by atoms with Gasteiger partial charge in [0, 0.05) is 6.07 Å². The van der Waals surface area contributed by atoms with E-state index in [9.17, 15) is 8.42 Å². The average Bonchev–Trinajstić information content (AvgIpc) is 2.15. The van der Waals surface area contributed by atoms with Crippen LogP contribution in [-0.4, -0.2) is 33.1 Å². The van der Waals surface area contributed by atoms with Crippen LogP contribution in [0.4, 0.5) is 0 Å². The van der Waals surface area contributed by atoms with E-state index in [1.165, 1.54) is 0 Å². The van der Waals surface area contributed by atoms with Gasteiger partial charge in [-0.05, 0) is 0 Å². The number of rotatable bonds is 1. The molecule has 0 saturated carbocycles. The van der Waals surface area contributed by atoms with Gasteiger partial charge in [0.2, 0.25) is 5.88 Å². The summed E-state index contributed by atoms with van der Waals surface area (Å²) >= 11 is 0. The number of hydrogen-bond acceptors (Lipinski definition) is 5. The Hall–Kier alpha value is -1.41. The molecule has 1 heterocycles. The van der Waals surface area contributed by atoms with E-state index in [4.69, 9.17) is 20.0 Å². The summed E-state index contributed by atoms with van der Waals surface area (Å²) in [7, 11) is -4.63. The van der Waals surface area contributed by atoms with Crippen LogP contribution in [0.1, 0.15) is 0 Å². The monoisotopic (exact) mass is 195 g/mol. The minimum Gasteiger partial charge on any atom is -0.492 e. The summed E-state index contributed by atoms with van der Waals surface area (Å²) in [5.41, 5.74) is 0. The lowest BCUT2D eigenvalue weighted by Crippen LogP contribution is -1.97. The van der Waals surface area contributed by atoms with Crippen molar-refractivity contribution in [3.8, 4) is 11.8 Å². The highest BCUT2D eigenvalue weighted by Crippen LogP contribution is 2.28. The number of nitrogens with zero attached hydrogens (tertiary/aromatic N) is 1. The Bertz CT molecular complexity index is 403. The Morgan fingerprint density at radius 2 is 1.83 bits per heavy atom. The molecule has 0 radical (unpaired) electrons. The van der Waals surface area contributed by atoms with Crippen LogP contribution in [0.5, 0.6) is 11.8 Å². The number of aromatic nitrogens is 1. The Balaban J connectivity index is 3.48. The van der Waals surface area contributed by atoms with Crippen molar-refractivity contribution >= 4 is 10.1 Å². The van der Waals surface area contributed by atoms with Gasteiger partial charge in [0.15, 0.2) is 4.90 Å². The van der Waals surface area contributed by atoms with Gasteiger partial charge in [0.05, 0.1) is 0 Å². The molecule has 1 aromatic heterocycles. The van der Waals surface area contributed by atoms with Crippen molar-refractivity contribution in [2.45, 2.75) is 4.90 Å². The second-order valence-corrected chi connectivity index (χ2v) is 3.37. The lowest BCUT2D eigenvalue weighted by molar-refractivity contribution is 0.128. The molecule has 0 aliphatic rings. The zero-order chi connectivity index (χ0) is 9.52. The first-order valence-electron chi connectivity index (χ1n) is 2.64.